The van der Waals surface area contributed by atoms with Crippen LogP contribution in [0.25, 0.3) is 0 Å². The average molecular weight is 368 g/mol. The maximum atomic E-state index is 12.8. The Morgan fingerprint density at radius 2 is 1.85 bits per heavy atom. The molecule has 5 nitrogen and oxygen atoms in total. The van der Waals surface area contributed by atoms with E-state index in [1.54, 1.807) is 0 Å². The van der Waals surface area contributed by atoms with Crippen molar-refractivity contribution >= 4 is 11.9 Å². The number of amides is 1. The number of piperidine rings is 4. The molecule has 0 aromatic heterocycles. The van der Waals surface area contributed by atoms with Crippen molar-refractivity contribution < 1.29 is 14.3 Å². The van der Waals surface area contributed by atoms with Crippen LogP contribution in [-0.4, -0.2) is 53.1 Å². The summed E-state index contributed by atoms with van der Waals surface area (Å²) in [5.41, 5.74) is 0.612. The van der Waals surface area contributed by atoms with Gasteiger partial charge in [-0.15, -0.1) is 0 Å². The van der Waals surface area contributed by atoms with Crippen LogP contribution in [0.3, 0.4) is 0 Å². The van der Waals surface area contributed by atoms with Gasteiger partial charge in [-0.2, -0.15) is 0 Å². The maximum Gasteiger partial charge on any atom is 0.339 e. The molecule has 4 saturated heterocycles. The molecule has 5 rings (SSSR count). The Labute approximate surface area is 160 Å². The van der Waals surface area contributed by atoms with Gasteiger partial charge in [0.2, 0.25) is 5.91 Å². The largest absolute Gasteiger partial charge is 0.442 e. The van der Waals surface area contributed by atoms with Gasteiger partial charge in [0.1, 0.15) is 0 Å². The minimum Gasteiger partial charge on any atom is -0.442 e. The van der Waals surface area contributed by atoms with Gasteiger partial charge in [0.15, 0.2) is 6.23 Å². The molecular weight excluding hydrogens is 340 g/mol. The first-order valence-electron chi connectivity index (χ1n) is 10.5. The van der Waals surface area contributed by atoms with Gasteiger partial charge in [0.25, 0.3) is 0 Å². The number of rotatable bonds is 2. The topological polar surface area (TPSA) is 49.9 Å². The van der Waals surface area contributed by atoms with E-state index in [0.717, 1.165) is 38.8 Å². The highest BCUT2D eigenvalue weighted by molar-refractivity contribution is 5.89. The summed E-state index contributed by atoms with van der Waals surface area (Å²) < 4.78 is 6.17. The van der Waals surface area contributed by atoms with Gasteiger partial charge < -0.3 is 9.64 Å². The number of ether oxygens (including phenoxy) is 1. The molecule has 4 aliphatic rings. The zero-order valence-electron chi connectivity index (χ0n) is 15.8. The molecule has 1 aromatic carbocycles. The zero-order chi connectivity index (χ0) is 18.4. The number of nitrogens with zero attached hydrogens (tertiary/aromatic N) is 2. The van der Waals surface area contributed by atoms with Crippen molar-refractivity contribution in [2.45, 2.75) is 63.3 Å². The van der Waals surface area contributed by atoms with Gasteiger partial charge in [0.05, 0.1) is 5.56 Å². The van der Waals surface area contributed by atoms with E-state index in [9.17, 15) is 9.59 Å². The third-order valence-corrected chi connectivity index (χ3v) is 7.18. The third kappa shape index (κ3) is 2.96. The van der Waals surface area contributed by atoms with Crippen LogP contribution in [0.1, 0.15) is 55.3 Å². The fraction of sp³-hybridized carbons (Fsp3) is 0.636. The van der Waals surface area contributed by atoms with Crippen molar-refractivity contribution in [3.8, 4) is 0 Å². The molecule has 0 radical (unpaired) electrons. The lowest BCUT2D eigenvalue weighted by molar-refractivity contribution is -0.186. The van der Waals surface area contributed by atoms with Crippen LogP contribution in [0.2, 0.25) is 0 Å². The number of fused-ring (bicyclic) bond motifs is 6. The number of hydrogen-bond acceptors (Lipinski definition) is 4. The smallest absolute Gasteiger partial charge is 0.339 e. The minimum atomic E-state index is -0.234. The first kappa shape index (κ1) is 17.2. The summed E-state index contributed by atoms with van der Waals surface area (Å²) in [5.74, 6) is 0.844. The first-order valence-corrected chi connectivity index (χ1v) is 10.5. The van der Waals surface area contributed by atoms with E-state index in [1.807, 2.05) is 30.3 Å². The maximum absolute atomic E-state index is 12.8. The SMILES string of the molecule is O=C(OC1C2CC(CN3C(=O)CCC[C@H]23)[C@@H]2CCCCN12)c1ccccc1. The molecule has 1 amide bonds. The van der Waals surface area contributed by atoms with Crippen LogP contribution in [0.15, 0.2) is 30.3 Å². The van der Waals surface area contributed by atoms with Crippen LogP contribution < -0.4 is 0 Å². The summed E-state index contributed by atoms with van der Waals surface area (Å²) in [6, 6.07) is 9.98. The molecular formula is C22H28N2O3. The Balaban J connectivity index is 1.45. The van der Waals surface area contributed by atoms with Gasteiger partial charge in [-0.3, -0.25) is 9.69 Å². The summed E-state index contributed by atoms with van der Waals surface area (Å²) in [5, 5.41) is 0. The second-order valence-electron chi connectivity index (χ2n) is 8.63. The van der Waals surface area contributed by atoms with E-state index in [1.165, 1.54) is 12.8 Å². The number of hydrogen-bond donors (Lipinski definition) is 0. The molecule has 4 aliphatic heterocycles. The normalized spacial score (nSPS) is 35.9. The highest BCUT2D eigenvalue weighted by atomic mass is 16.6. The molecule has 4 fully saturated rings. The van der Waals surface area contributed by atoms with Gasteiger partial charge >= 0.3 is 5.97 Å². The third-order valence-electron chi connectivity index (χ3n) is 7.18. The number of carbonyl (C=O) groups excluding carboxylic acids is 2. The molecule has 0 aliphatic carbocycles. The van der Waals surface area contributed by atoms with Gasteiger partial charge in [-0.25, -0.2) is 4.79 Å². The molecule has 2 bridgehead atoms. The lowest BCUT2D eigenvalue weighted by Crippen LogP contribution is -2.68. The quantitative estimate of drug-likeness (QED) is 0.753. The lowest BCUT2D eigenvalue weighted by atomic mass is 9.70. The van der Waals surface area contributed by atoms with Gasteiger partial charge in [0, 0.05) is 37.5 Å². The molecule has 5 heteroatoms. The fourth-order valence-corrected chi connectivity index (χ4v) is 6.00. The Bertz CT molecular complexity index is 722. The molecule has 5 atom stereocenters. The van der Waals surface area contributed by atoms with Crippen molar-refractivity contribution in [2.24, 2.45) is 11.8 Å². The van der Waals surface area contributed by atoms with E-state index in [4.69, 9.17) is 4.74 Å². The summed E-state index contributed by atoms with van der Waals surface area (Å²) in [6.07, 6.45) is 7.13. The van der Waals surface area contributed by atoms with E-state index < -0.39 is 0 Å². The Kier molecular flexibility index (Phi) is 4.43. The zero-order valence-corrected chi connectivity index (χ0v) is 15.8. The summed E-state index contributed by atoms with van der Waals surface area (Å²) in [7, 11) is 0. The van der Waals surface area contributed by atoms with Crippen molar-refractivity contribution in [2.75, 3.05) is 13.1 Å². The van der Waals surface area contributed by atoms with Crippen LogP contribution in [0.5, 0.6) is 0 Å². The minimum absolute atomic E-state index is 0.196. The van der Waals surface area contributed by atoms with E-state index in [0.29, 0.717) is 29.9 Å². The summed E-state index contributed by atoms with van der Waals surface area (Å²) in [6.45, 7) is 1.91. The molecule has 4 heterocycles. The highest BCUT2D eigenvalue weighted by Gasteiger charge is 2.54. The lowest BCUT2D eigenvalue weighted by Gasteiger charge is -2.59. The number of benzene rings is 1. The van der Waals surface area contributed by atoms with Crippen LogP contribution in [0, 0.1) is 11.8 Å². The molecule has 1 aromatic rings. The van der Waals surface area contributed by atoms with Gasteiger partial charge in [-0.05, 0) is 50.2 Å². The second kappa shape index (κ2) is 6.93. The Morgan fingerprint density at radius 1 is 1.04 bits per heavy atom. The van der Waals surface area contributed by atoms with Gasteiger partial charge in [-0.1, -0.05) is 24.6 Å². The average Bonchev–Trinajstić information content (AvgIpc) is 2.72. The van der Waals surface area contributed by atoms with Crippen LogP contribution in [-0.2, 0) is 9.53 Å². The van der Waals surface area contributed by atoms with Crippen molar-refractivity contribution in [1.29, 1.82) is 0 Å². The summed E-state index contributed by atoms with van der Waals surface area (Å²) in [4.78, 5) is 30.0. The standard InChI is InChI=1S/C22H28N2O3/c25-20-11-6-10-19-17-13-16(14-24(19)20)18-9-4-5-12-23(18)21(17)27-22(26)15-7-2-1-3-8-15/h1-3,7-8,16-19,21H,4-6,9-14H2/t16?,17?,18-,19+,21?/m0/s1. The predicted molar refractivity (Wildman–Crippen MR) is 101 cm³/mol. The van der Waals surface area contributed by atoms with E-state index >= 15 is 0 Å². The molecule has 0 N–H and O–H groups in total. The fourth-order valence-electron chi connectivity index (χ4n) is 6.00. The molecule has 0 spiro atoms. The van der Waals surface area contributed by atoms with E-state index in [-0.39, 0.29) is 24.2 Å². The Hall–Kier alpha value is -1.88. The highest BCUT2D eigenvalue weighted by Crippen LogP contribution is 2.46. The number of carbonyl (C=O) groups is 2. The van der Waals surface area contributed by atoms with E-state index in [2.05, 4.69) is 9.80 Å². The van der Waals surface area contributed by atoms with Crippen molar-refractivity contribution in [1.82, 2.24) is 9.80 Å². The molecule has 3 unspecified atom stereocenters. The summed E-state index contributed by atoms with van der Waals surface area (Å²) >= 11 is 0. The molecule has 27 heavy (non-hydrogen) atoms. The first-order chi connectivity index (χ1) is 13.2. The Morgan fingerprint density at radius 3 is 2.70 bits per heavy atom. The number of esters is 1. The molecule has 0 saturated carbocycles. The van der Waals surface area contributed by atoms with Crippen LogP contribution >= 0.6 is 0 Å². The molecule has 144 valence electrons. The predicted octanol–water partition coefficient (Wildman–Crippen LogP) is 3.05. The van der Waals surface area contributed by atoms with Crippen LogP contribution in [0.4, 0.5) is 0 Å². The van der Waals surface area contributed by atoms with Crippen molar-refractivity contribution in [3.05, 3.63) is 35.9 Å². The van der Waals surface area contributed by atoms with Crippen molar-refractivity contribution in [3.63, 3.8) is 0 Å². The monoisotopic (exact) mass is 368 g/mol. The second-order valence-corrected chi connectivity index (χ2v) is 8.63.